The van der Waals surface area contributed by atoms with Gasteiger partial charge in [-0.3, -0.25) is 0 Å². The Kier molecular flexibility index (Phi) is 5.32. The highest BCUT2D eigenvalue weighted by Gasteiger charge is 2.10. The zero-order valence-corrected chi connectivity index (χ0v) is 9.31. The summed E-state index contributed by atoms with van der Waals surface area (Å²) < 4.78 is 5.39. The van der Waals surface area contributed by atoms with E-state index in [9.17, 15) is 0 Å². The first kappa shape index (κ1) is 12.2. The van der Waals surface area contributed by atoms with Gasteiger partial charge >= 0.3 is 0 Å². The molecule has 0 bridgehead atoms. The van der Waals surface area contributed by atoms with Crippen molar-refractivity contribution in [2.75, 3.05) is 20.3 Å². The van der Waals surface area contributed by atoms with E-state index in [1.807, 2.05) is 37.3 Å². The summed E-state index contributed by atoms with van der Waals surface area (Å²) in [6.45, 7) is 2.80. The van der Waals surface area contributed by atoms with Crippen LogP contribution in [-0.4, -0.2) is 31.4 Å². The van der Waals surface area contributed by atoms with Crippen molar-refractivity contribution in [3.05, 3.63) is 35.9 Å². The van der Waals surface area contributed by atoms with Gasteiger partial charge in [0.05, 0.1) is 12.7 Å². The second-order valence-electron chi connectivity index (χ2n) is 3.63. The fraction of sp³-hybridized carbons (Fsp3) is 0.500. The van der Waals surface area contributed by atoms with E-state index >= 15 is 0 Å². The van der Waals surface area contributed by atoms with Crippen LogP contribution in [0.5, 0.6) is 0 Å². The molecule has 84 valence electrons. The molecule has 0 spiro atoms. The first-order chi connectivity index (χ1) is 7.27. The summed E-state index contributed by atoms with van der Waals surface area (Å²) in [7, 11) is 1.70. The summed E-state index contributed by atoms with van der Waals surface area (Å²) in [6, 6.07) is 10.2. The lowest BCUT2D eigenvalue weighted by atomic mass is 10.1. The molecule has 1 aromatic carbocycles. The normalized spacial score (nSPS) is 14.9. The lowest BCUT2D eigenvalue weighted by Gasteiger charge is -2.18. The number of methoxy groups -OCH3 is 1. The zero-order chi connectivity index (χ0) is 11.1. The average molecular weight is 209 g/mol. The third-order valence-corrected chi connectivity index (χ3v) is 2.38. The van der Waals surface area contributed by atoms with Crippen molar-refractivity contribution in [2.24, 2.45) is 0 Å². The fourth-order valence-electron chi connectivity index (χ4n) is 1.38. The van der Waals surface area contributed by atoms with Crippen molar-refractivity contribution in [1.82, 2.24) is 5.32 Å². The van der Waals surface area contributed by atoms with Crippen LogP contribution in [0.2, 0.25) is 0 Å². The maximum atomic E-state index is 8.89. The Hall–Kier alpha value is -0.900. The second-order valence-corrected chi connectivity index (χ2v) is 3.63. The third-order valence-electron chi connectivity index (χ3n) is 2.38. The molecule has 0 aromatic heterocycles. The van der Waals surface area contributed by atoms with E-state index in [4.69, 9.17) is 9.84 Å². The van der Waals surface area contributed by atoms with E-state index in [2.05, 4.69) is 5.32 Å². The van der Waals surface area contributed by atoms with Crippen LogP contribution in [0.4, 0.5) is 0 Å². The van der Waals surface area contributed by atoms with Gasteiger partial charge in [0.15, 0.2) is 0 Å². The van der Waals surface area contributed by atoms with E-state index in [0.29, 0.717) is 6.54 Å². The average Bonchev–Trinajstić information content (AvgIpc) is 2.31. The predicted octanol–water partition coefficient (Wildman–Crippen LogP) is 1.34. The summed E-state index contributed by atoms with van der Waals surface area (Å²) in [5.74, 6) is 0. The number of benzene rings is 1. The minimum atomic E-state index is 0.0419. The van der Waals surface area contributed by atoms with Crippen molar-refractivity contribution in [2.45, 2.75) is 19.1 Å². The maximum absolute atomic E-state index is 8.89. The Bertz CT molecular complexity index is 264. The number of hydrogen-bond donors (Lipinski definition) is 2. The molecule has 0 heterocycles. The van der Waals surface area contributed by atoms with Crippen LogP contribution < -0.4 is 5.32 Å². The van der Waals surface area contributed by atoms with Gasteiger partial charge in [-0.2, -0.15) is 0 Å². The first-order valence-electron chi connectivity index (χ1n) is 5.20. The smallest absolute Gasteiger partial charge is 0.0945 e. The molecule has 0 saturated carbocycles. The molecule has 0 fully saturated rings. The predicted molar refractivity (Wildman–Crippen MR) is 60.7 cm³/mol. The Morgan fingerprint density at radius 1 is 1.33 bits per heavy atom. The quantitative estimate of drug-likeness (QED) is 0.743. The Labute approximate surface area is 91.1 Å². The van der Waals surface area contributed by atoms with E-state index in [-0.39, 0.29) is 18.8 Å². The molecule has 2 atom stereocenters. The van der Waals surface area contributed by atoms with Crippen LogP contribution in [0.1, 0.15) is 18.6 Å². The van der Waals surface area contributed by atoms with Crippen LogP contribution in [0, 0.1) is 0 Å². The molecule has 0 amide bonds. The lowest BCUT2D eigenvalue weighted by molar-refractivity contribution is 0.0967. The first-order valence-corrected chi connectivity index (χ1v) is 5.20. The van der Waals surface area contributed by atoms with Crippen LogP contribution >= 0.6 is 0 Å². The lowest BCUT2D eigenvalue weighted by Crippen LogP contribution is -2.33. The van der Waals surface area contributed by atoms with Gasteiger partial charge in [-0.05, 0) is 12.5 Å². The SMILES string of the molecule is COC(CNC(C)CO)c1ccccc1. The van der Waals surface area contributed by atoms with Gasteiger partial charge in [0.2, 0.25) is 0 Å². The molecule has 3 nitrogen and oxygen atoms in total. The topological polar surface area (TPSA) is 41.5 Å². The van der Waals surface area contributed by atoms with Crippen LogP contribution in [0.25, 0.3) is 0 Å². The van der Waals surface area contributed by atoms with Crippen LogP contribution in [0.15, 0.2) is 30.3 Å². The van der Waals surface area contributed by atoms with Crippen molar-refractivity contribution in [1.29, 1.82) is 0 Å². The highest BCUT2D eigenvalue weighted by molar-refractivity contribution is 5.17. The van der Waals surface area contributed by atoms with Crippen LogP contribution in [-0.2, 0) is 4.74 Å². The molecule has 1 aromatic rings. The van der Waals surface area contributed by atoms with Gasteiger partial charge in [0.25, 0.3) is 0 Å². The molecule has 0 saturated heterocycles. The second kappa shape index (κ2) is 6.56. The molecule has 2 unspecified atom stereocenters. The van der Waals surface area contributed by atoms with Gasteiger partial charge in [0.1, 0.15) is 0 Å². The summed E-state index contributed by atoms with van der Waals surface area (Å²) in [5, 5.41) is 12.1. The number of hydrogen-bond acceptors (Lipinski definition) is 3. The van der Waals surface area contributed by atoms with Gasteiger partial charge in [-0.1, -0.05) is 30.3 Å². The van der Waals surface area contributed by atoms with Crippen molar-refractivity contribution in [3.63, 3.8) is 0 Å². The van der Waals surface area contributed by atoms with Gasteiger partial charge in [-0.15, -0.1) is 0 Å². The van der Waals surface area contributed by atoms with Gasteiger partial charge in [0, 0.05) is 19.7 Å². The van der Waals surface area contributed by atoms with Crippen LogP contribution in [0.3, 0.4) is 0 Å². The fourth-order valence-corrected chi connectivity index (χ4v) is 1.38. The molecule has 15 heavy (non-hydrogen) atoms. The molecule has 1 rings (SSSR count). The summed E-state index contributed by atoms with van der Waals surface area (Å²) >= 11 is 0. The number of ether oxygens (including phenoxy) is 1. The summed E-state index contributed by atoms with van der Waals surface area (Å²) in [4.78, 5) is 0. The molecule has 0 aliphatic heterocycles. The summed E-state index contributed by atoms with van der Waals surface area (Å²) in [5.41, 5.74) is 1.15. The molecule has 3 heteroatoms. The Morgan fingerprint density at radius 2 is 2.00 bits per heavy atom. The van der Waals surface area contributed by atoms with Crippen molar-refractivity contribution >= 4 is 0 Å². The molecular weight excluding hydrogens is 190 g/mol. The molecular formula is C12H19NO2. The van der Waals surface area contributed by atoms with Crippen molar-refractivity contribution in [3.8, 4) is 0 Å². The highest BCUT2D eigenvalue weighted by atomic mass is 16.5. The van der Waals surface area contributed by atoms with E-state index in [1.54, 1.807) is 7.11 Å². The standard InChI is InChI=1S/C12H19NO2/c1-10(9-14)13-8-12(15-2)11-6-4-3-5-7-11/h3-7,10,12-14H,8-9H2,1-2H3. The zero-order valence-electron chi connectivity index (χ0n) is 9.31. The van der Waals surface area contributed by atoms with Gasteiger partial charge < -0.3 is 15.2 Å². The molecule has 2 N–H and O–H groups in total. The number of rotatable bonds is 6. The Morgan fingerprint density at radius 3 is 2.53 bits per heavy atom. The summed E-state index contributed by atoms with van der Waals surface area (Å²) in [6.07, 6.45) is 0.0419. The Balaban J connectivity index is 2.50. The molecule has 0 radical (unpaired) electrons. The maximum Gasteiger partial charge on any atom is 0.0945 e. The van der Waals surface area contributed by atoms with Gasteiger partial charge in [-0.25, -0.2) is 0 Å². The number of aliphatic hydroxyl groups excluding tert-OH is 1. The molecule has 0 aliphatic rings. The largest absolute Gasteiger partial charge is 0.395 e. The number of aliphatic hydroxyl groups is 1. The minimum absolute atomic E-state index is 0.0419. The number of nitrogens with one attached hydrogen (secondary N) is 1. The van der Waals surface area contributed by atoms with Crippen molar-refractivity contribution < 1.29 is 9.84 Å². The third kappa shape index (κ3) is 4.00. The van der Waals surface area contributed by atoms with E-state index in [1.165, 1.54) is 0 Å². The minimum Gasteiger partial charge on any atom is -0.395 e. The van der Waals surface area contributed by atoms with E-state index in [0.717, 1.165) is 5.56 Å². The monoisotopic (exact) mass is 209 g/mol. The van der Waals surface area contributed by atoms with E-state index < -0.39 is 0 Å². The molecule has 0 aliphatic carbocycles. The highest BCUT2D eigenvalue weighted by Crippen LogP contribution is 2.14.